The van der Waals surface area contributed by atoms with Crippen LogP contribution >= 0.6 is 0 Å². The van der Waals surface area contributed by atoms with Crippen LogP contribution in [0.4, 0.5) is 0 Å². The summed E-state index contributed by atoms with van der Waals surface area (Å²) in [7, 11) is 0. The largest absolute Gasteiger partial charge is 0.482 e. The Bertz CT molecular complexity index is 653. The molecule has 2 aromatic heterocycles. The Morgan fingerprint density at radius 2 is 2.32 bits per heavy atom. The van der Waals surface area contributed by atoms with E-state index in [1.807, 2.05) is 16.5 Å². The van der Waals surface area contributed by atoms with Crippen molar-refractivity contribution in [2.45, 2.75) is 26.3 Å². The smallest absolute Gasteiger partial charge is 0.260 e. The van der Waals surface area contributed by atoms with Gasteiger partial charge < -0.3 is 9.64 Å². The standard InChI is InChI=1S/C16H20N4O2/c1-12-8-13(2)20(18-12)14-5-7-19(10-14)16(21)11-22-15-4-3-6-17-9-15/h3-4,6,8-9,14H,5,7,10-11H2,1-2H3/t14-/m0/s1. The minimum atomic E-state index is 0.00730. The summed E-state index contributed by atoms with van der Waals surface area (Å²) in [5.74, 6) is 0.623. The molecule has 1 atom stereocenters. The number of hydrogen-bond acceptors (Lipinski definition) is 4. The average Bonchev–Trinajstić information content (AvgIpc) is 3.12. The van der Waals surface area contributed by atoms with E-state index in [1.54, 1.807) is 24.5 Å². The predicted molar refractivity (Wildman–Crippen MR) is 81.7 cm³/mol. The van der Waals surface area contributed by atoms with Crippen LogP contribution in [0, 0.1) is 13.8 Å². The molecular weight excluding hydrogens is 280 g/mol. The molecule has 3 rings (SSSR count). The third kappa shape index (κ3) is 3.10. The van der Waals surface area contributed by atoms with Crippen molar-refractivity contribution in [3.63, 3.8) is 0 Å². The molecule has 0 spiro atoms. The van der Waals surface area contributed by atoms with Crippen molar-refractivity contribution >= 4 is 5.91 Å². The molecule has 0 radical (unpaired) electrons. The van der Waals surface area contributed by atoms with Gasteiger partial charge in [-0.05, 0) is 38.5 Å². The van der Waals surface area contributed by atoms with Crippen LogP contribution in [0.25, 0.3) is 0 Å². The van der Waals surface area contributed by atoms with E-state index in [9.17, 15) is 4.79 Å². The molecule has 1 aliphatic heterocycles. The van der Waals surface area contributed by atoms with E-state index >= 15 is 0 Å². The molecule has 3 heterocycles. The summed E-state index contributed by atoms with van der Waals surface area (Å²) in [6.07, 6.45) is 4.21. The molecular formula is C16H20N4O2. The Balaban J connectivity index is 1.56. The third-order valence-corrected chi connectivity index (χ3v) is 3.90. The van der Waals surface area contributed by atoms with Gasteiger partial charge in [-0.3, -0.25) is 14.5 Å². The molecule has 22 heavy (non-hydrogen) atoms. The number of hydrogen-bond donors (Lipinski definition) is 0. The molecule has 0 N–H and O–H groups in total. The minimum absolute atomic E-state index is 0.00730. The highest BCUT2D eigenvalue weighted by Gasteiger charge is 2.28. The van der Waals surface area contributed by atoms with Crippen molar-refractivity contribution in [3.05, 3.63) is 42.0 Å². The zero-order chi connectivity index (χ0) is 15.5. The first-order valence-corrected chi connectivity index (χ1v) is 7.47. The number of aryl methyl sites for hydroxylation is 2. The second kappa shape index (κ2) is 6.17. The van der Waals surface area contributed by atoms with Gasteiger partial charge in [-0.15, -0.1) is 0 Å². The maximum Gasteiger partial charge on any atom is 0.260 e. The van der Waals surface area contributed by atoms with Gasteiger partial charge in [0, 0.05) is 25.0 Å². The molecule has 1 saturated heterocycles. The van der Waals surface area contributed by atoms with Crippen LogP contribution < -0.4 is 4.74 Å². The van der Waals surface area contributed by atoms with Crippen molar-refractivity contribution in [2.75, 3.05) is 19.7 Å². The van der Waals surface area contributed by atoms with Gasteiger partial charge >= 0.3 is 0 Å². The number of nitrogens with zero attached hydrogens (tertiary/aromatic N) is 4. The predicted octanol–water partition coefficient (Wildman–Crippen LogP) is 1.75. The molecule has 0 aromatic carbocycles. The van der Waals surface area contributed by atoms with Gasteiger partial charge in [-0.25, -0.2) is 0 Å². The molecule has 0 bridgehead atoms. The number of pyridine rings is 1. The Labute approximate surface area is 129 Å². The highest BCUT2D eigenvalue weighted by Crippen LogP contribution is 2.23. The van der Waals surface area contributed by atoms with E-state index in [0.29, 0.717) is 12.3 Å². The lowest BCUT2D eigenvalue weighted by atomic mass is 10.2. The van der Waals surface area contributed by atoms with Crippen LogP contribution in [-0.4, -0.2) is 45.3 Å². The molecule has 0 aliphatic carbocycles. The van der Waals surface area contributed by atoms with Gasteiger partial charge in [-0.2, -0.15) is 5.10 Å². The number of carbonyl (C=O) groups excluding carboxylic acids is 1. The first-order valence-electron chi connectivity index (χ1n) is 7.47. The number of rotatable bonds is 4. The average molecular weight is 300 g/mol. The van der Waals surface area contributed by atoms with Gasteiger partial charge in [-0.1, -0.05) is 0 Å². The molecule has 6 heteroatoms. The van der Waals surface area contributed by atoms with Gasteiger partial charge in [0.2, 0.25) is 0 Å². The molecule has 2 aromatic rings. The van der Waals surface area contributed by atoms with Gasteiger partial charge in [0.05, 0.1) is 17.9 Å². The highest BCUT2D eigenvalue weighted by atomic mass is 16.5. The van der Waals surface area contributed by atoms with E-state index in [-0.39, 0.29) is 18.6 Å². The number of aromatic nitrogens is 3. The van der Waals surface area contributed by atoms with Crippen molar-refractivity contribution in [1.29, 1.82) is 0 Å². The molecule has 1 aliphatic rings. The van der Waals surface area contributed by atoms with Crippen LogP contribution in [0.1, 0.15) is 23.9 Å². The first-order chi connectivity index (χ1) is 10.6. The lowest BCUT2D eigenvalue weighted by Crippen LogP contribution is -2.33. The Hall–Kier alpha value is -2.37. The normalized spacial score (nSPS) is 17.7. The maximum atomic E-state index is 12.2. The number of amides is 1. The summed E-state index contributed by atoms with van der Waals surface area (Å²) < 4.78 is 7.51. The Morgan fingerprint density at radius 1 is 1.45 bits per heavy atom. The SMILES string of the molecule is Cc1cc(C)n([C@H]2CCN(C(=O)COc3cccnc3)C2)n1. The van der Waals surface area contributed by atoms with Crippen molar-refractivity contribution in [1.82, 2.24) is 19.7 Å². The van der Waals surface area contributed by atoms with Gasteiger partial charge in [0.1, 0.15) is 5.75 Å². The Morgan fingerprint density at radius 3 is 3.00 bits per heavy atom. The zero-order valence-electron chi connectivity index (χ0n) is 12.9. The van der Waals surface area contributed by atoms with Crippen molar-refractivity contribution in [3.8, 4) is 5.75 Å². The quantitative estimate of drug-likeness (QED) is 0.863. The van der Waals surface area contributed by atoms with Crippen LogP contribution in [-0.2, 0) is 4.79 Å². The van der Waals surface area contributed by atoms with E-state index in [4.69, 9.17) is 4.74 Å². The molecule has 6 nitrogen and oxygen atoms in total. The second-order valence-corrected chi connectivity index (χ2v) is 5.63. The molecule has 0 unspecified atom stereocenters. The summed E-state index contributed by atoms with van der Waals surface area (Å²) >= 11 is 0. The van der Waals surface area contributed by atoms with Crippen molar-refractivity contribution in [2.24, 2.45) is 0 Å². The van der Waals surface area contributed by atoms with Crippen LogP contribution in [0.15, 0.2) is 30.6 Å². The second-order valence-electron chi connectivity index (χ2n) is 5.63. The maximum absolute atomic E-state index is 12.2. The van der Waals surface area contributed by atoms with Gasteiger partial charge in [0.15, 0.2) is 6.61 Å². The lowest BCUT2D eigenvalue weighted by Gasteiger charge is -2.17. The fourth-order valence-corrected chi connectivity index (χ4v) is 2.85. The third-order valence-electron chi connectivity index (χ3n) is 3.90. The van der Waals surface area contributed by atoms with Crippen molar-refractivity contribution < 1.29 is 9.53 Å². The van der Waals surface area contributed by atoms with Crippen LogP contribution in [0.2, 0.25) is 0 Å². The fourth-order valence-electron chi connectivity index (χ4n) is 2.85. The molecule has 116 valence electrons. The molecule has 1 amide bonds. The van der Waals surface area contributed by atoms with Gasteiger partial charge in [0.25, 0.3) is 5.91 Å². The fraction of sp³-hybridized carbons (Fsp3) is 0.438. The summed E-state index contributed by atoms with van der Waals surface area (Å²) in [6.45, 7) is 5.53. The summed E-state index contributed by atoms with van der Waals surface area (Å²) in [5.41, 5.74) is 2.16. The molecule has 0 saturated carbocycles. The van der Waals surface area contributed by atoms with E-state index in [0.717, 1.165) is 24.4 Å². The summed E-state index contributed by atoms with van der Waals surface area (Å²) in [4.78, 5) is 18.0. The summed E-state index contributed by atoms with van der Waals surface area (Å²) in [6, 6.07) is 5.91. The van der Waals surface area contributed by atoms with E-state index in [2.05, 4.69) is 23.1 Å². The van der Waals surface area contributed by atoms with E-state index < -0.39 is 0 Å². The number of carbonyl (C=O) groups is 1. The zero-order valence-corrected chi connectivity index (χ0v) is 12.9. The number of ether oxygens (including phenoxy) is 1. The van der Waals surface area contributed by atoms with Crippen LogP contribution in [0.3, 0.4) is 0 Å². The van der Waals surface area contributed by atoms with Crippen LogP contribution in [0.5, 0.6) is 5.75 Å². The Kier molecular flexibility index (Phi) is 4.09. The lowest BCUT2D eigenvalue weighted by molar-refractivity contribution is -0.132. The highest BCUT2D eigenvalue weighted by molar-refractivity contribution is 5.78. The molecule has 1 fully saturated rings. The number of likely N-dealkylation sites (tertiary alicyclic amines) is 1. The topological polar surface area (TPSA) is 60.2 Å². The summed E-state index contributed by atoms with van der Waals surface area (Å²) in [5, 5.41) is 4.52. The monoisotopic (exact) mass is 300 g/mol. The minimum Gasteiger partial charge on any atom is -0.482 e. The van der Waals surface area contributed by atoms with E-state index in [1.165, 1.54) is 0 Å². The first kappa shape index (κ1) is 14.6.